The number of nitrogens with zero attached hydrogens (tertiary/aromatic N) is 3. The summed E-state index contributed by atoms with van der Waals surface area (Å²) in [6, 6.07) is 1.61. The van der Waals surface area contributed by atoms with E-state index in [1.165, 1.54) is 58.4 Å². The van der Waals surface area contributed by atoms with Gasteiger partial charge in [-0.25, -0.2) is 0 Å². The van der Waals surface area contributed by atoms with Crippen molar-refractivity contribution in [2.24, 2.45) is 0 Å². The lowest BCUT2D eigenvalue weighted by molar-refractivity contribution is -0.0725. The molecule has 0 amide bonds. The lowest BCUT2D eigenvalue weighted by Gasteiger charge is -2.57. The monoisotopic (exact) mass is 251 g/mol. The molecule has 3 nitrogen and oxygen atoms in total. The van der Waals surface area contributed by atoms with Gasteiger partial charge in [0.05, 0.1) is 0 Å². The van der Waals surface area contributed by atoms with E-state index in [1.54, 1.807) is 0 Å². The highest BCUT2D eigenvalue weighted by Crippen LogP contribution is 2.41. The minimum atomic E-state index is 0.574. The predicted octanol–water partition coefficient (Wildman–Crippen LogP) is 1.64. The summed E-state index contributed by atoms with van der Waals surface area (Å²) < 4.78 is 0. The van der Waals surface area contributed by atoms with E-state index >= 15 is 0 Å². The van der Waals surface area contributed by atoms with Gasteiger partial charge in [-0.05, 0) is 66.2 Å². The number of likely N-dealkylation sites (tertiary alicyclic amines) is 3. The lowest BCUT2D eigenvalue weighted by Crippen LogP contribution is -2.71. The highest BCUT2D eigenvalue weighted by Gasteiger charge is 2.52. The summed E-state index contributed by atoms with van der Waals surface area (Å²) in [5, 5.41) is 0. The Kier molecular flexibility index (Phi) is 3.41. The van der Waals surface area contributed by atoms with Crippen molar-refractivity contribution < 1.29 is 0 Å². The molecule has 0 unspecified atom stereocenters. The average Bonchev–Trinajstić information content (AvgIpc) is 2.72. The molecule has 0 aromatic rings. The summed E-state index contributed by atoms with van der Waals surface area (Å²) in [5.41, 5.74) is 0.574. The second-order valence-electron chi connectivity index (χ2n) is 7.05. The highest BCUT2D eigenvalue weighted by molar-refractivity contribution is 5.09. The molecule has 3 saturated heterocycles. The zero-order chi connectivity index (χ0) is 12.8. The number of hydrogen-bond donors (Lipinski definition) is 0. The maximum absolute atomic E-state index is 2.90. The molecule has 3 fully saturated rings. The van der Waals surface area contributed by atoms with Crippen LogP contribution < -0.4 is 0 Å². The van der Waals surface area contributed by atoms with E-state index < -0.39 is 0 Å². The second-order valence-corrected chi connectivity index (χ2v) is 7.05. The largest absolute Gasteiger partial charge is 0.306 e. The van der Waals surface area contributed by atoms with Crippen molar-refractivity contribution in [1.82, 2.24) is 14.7 Å². The maximum atomic E-state index is 2.90. The Morgan fingerprint density at radius 2 is 1.72 bits per heavy atom. The van der Waals surface area contributed by atoms with Crippen LogP contribution in [0.3, 0.4) is 0 Å². The van der Waals surface area contributed by atoms with Crippen LogP contribution in [0, 0.1) is 0 Å². The van der Waals surface area contributed by atoms with Gasteiger partial charge in [0.15, 0.2) is 0 Å². The number of rotatable bonds is 2. The zero-order valence-corrected chi connectivity index (χ0v) is 12.4. The maximum Gasteiger partial charge on any atom is 0.0466 e. The molecule has 0 aliphatic carbocycles. The topological polar surface area (TPSA) is 9.72 Å². The minimum absolute atomic E-state index is 0.574. The highest BCUT2D eigenvalue weighted by atomic mass is 15.4. The van der Waals surface area contributed by atoms with Gasteiger partial charge in [0.25, 0.3) is 0 Å². The Bertz CT molecular complexity index is 288. The Labute approximate surface area is 112 Å². The fraction of sp³-hybridized carbons (Fsp3) is 1.00. The Balaban J connectivity index is 1.62. The molecule has 3 heterocycles. The molecule has 0 aromatic carbocycles. The average molecular weight is 251 g/mol. The van der Waals surface area contributed by atoms with E-state index in [0.29, 0.717) is 5.54 Å². The van der Waals surface area contributed by atoms with Crippen molar-refractivity contribution in [2.75, 3.05) is 39.8 Å². The Hall–Kier alpha value is -0.120. The summed E-state index contributed by atoms with van der Waals surface area (Å²) in [4.78, 5) is 8.03. The van der Waals surface area contributed by atoms with Gasteiger partial charge in [-0.2, -0.15) is 0 Å². The van der Waals surface area contributed by atoms with E-state index in [1.807, 2.05) is 0 Å². The predicted molar refractivity (Wildman–Crippen MR) is 75.9 cm³/mol. The van der Waals surface area contributed by atoms with Crippen LogP contribution >= 0.6 is 0 Å². The normalized spacial score (nSPS) is 31.3. The summed E-state index contributed by atoms with van der Waals surface area (Å²) in [6.07, 6.45) is 5.65. The molecule has 0 aromatic heterocycles. The van der Waals surface area contributed by atoms with Gasteiger partial charge in [0.1, 0.15) is 0 Å². The first-order valence-corrected chi connectivity index (χ1v) is 7.80. The fourth-order valence-corrected chi connectivity index (χ4v) is 4.25. The van der Waals surface area contributed by atoms with Crippen LogP contribution in [-0.4, -0.2) is 72.1 Å². The van der Waals surface area contributed by atoms with E-state index in [2.05, 4.69) is 35.6 Å². The third-order valence-corrected chi connectivity index (χ3v) is 5.50. The molecule has 3 heteroatoms. The molecular formula is C15H29N3. The first-order valence-electron chi connectivity index (χ1n) is 7.80. The van der Waals surface area contributed by atoms with E-state index in [9.17, 15) is 0 Å². The lowest BCUT2D eigenvalue weighted by atomic mass is 9.84. The van der Waals surface area contributed by atoms with E-state index in [-0.39, 0.29) is 0 Å². The smallest absolute Gasteiger partial charge is 0.0466 e. The van der Waals surface area contributed by atoms with Crippen molar-refractivity contribution in [3.8, 4) is 0 Å². The van der Waals surface area contributed by atoms with Crippen LogP contribution in [0.1, 0.15) is 39.5 Å². The second kappa shape index (κ2) is 4.77. The fourth-order valence-electron chi connectivity index (χ4n) is 4.25. The van der Waals surface area contributed by atoms with Crippen LogP contribution in [0.15, 0.2) is 0 Å². The van der Waals surface area contributed by atoms with Crippen LogP contribution in [0.2, 0.25) is 0 Å². The van der Waals surface area contributed by atoms with Crippen LogP contribution in [0.25, 0.3) is 0 Å². The number of piperidine rings is 1. The molecule has 3 aliphatic heterocycles. The van der Waals surface area contributed by atoms with Gasteiger partial charge in [0.2, 0.25) is 0 Å². The molecule has 3 rings (SSSR count). The molecule has 0 atom stereocenters. The van der Waals surface area contributed by atoms with Crippen LogP contribution in [-0.2, 0) is 0 Å². The molecule has 0 N–H and O–H groups in total. The molecule has 0 radical (unpaired) electrons. The third-order valence-electron chi connectivity index (χ3n) is 5.50. The third kappa shape index (κ3) is 2.10. The molecule has 0 bridgehead atoms. The molecule has 104 valence electrons. The SMILES string of the molecule is CC(C)N1CC2(CCCN2C2CCN(C)CC2)C1. The zero-order valence-electron chi connectivity index (χ0n) is 12.4. The summed E-state index contributed by atoms with van der Waals surface area (Å²) in [6.45, 7) is 11.3. The van der Waals surface area contributed by atoms with Gasteiger partial charge in [-0.15, -0.1) is 0 Å². The van der Waals surface area contributed by atoms with Gasteiger partial charge in [-0.1, -0.05) is 0 Å². The van der Waals surface area contributed by atoms with Crippen molar-refractivity contribution in [2.45, 2.75) is 57.2 Å². The van der Waals surface area contributed by atoms with Crippen molar-refractivity contribution in [3.63, 3.8) is 0 Å². The van der Waals surface area contributed by atoms with Gasteiger partial charge >= 0.3 is 0 Å². The standard InChI is InChI=1S/C15H29N3/c1-13(2)17-11-15(12-17)7-4-8-18(15)14-5-9-16(3)10-6-14/h13-14H,4-12H2,1-3H3. The molecular weight excluding hydrogens is 222 g/mol. The van der Waals surface area contributed by atoms with Gasteiger partial charge < -0.3 is 4.90 Å². The summed E-state index contributed by atoms with van der Waals surface area (Å²) >= 11 is 0. The summed E-state index contributed by atoms with van der Waals surface area (Å²) in [5.74, 6) is 0. The first-order chi connectivity index (χ1) is 8.61. The van der Waals surface area contributed by atoms with Crippen molar-refractivity contribution in [3.05, 3.63) is 0 Å². The van der Waals surface area contributed by atoms with E-state index in [0.717, 1.165) is 12.1 Å². The van der Waals surface area contributed by atoms with E-state index in [4.69, 9.17) is 0 Å². The Morgan fingerprint density at radius 3 is 2.33 bits per heavy atom. The Morgan fingerprint density at radius 1 is 1.06 bits per heavy atom. The van der Waals surface area contributed by atoms with Crippen LogP contribution in [0.4, 0.5) is 0 Å². The number of hydrogen-bond acceptors (Lipinski definition) is 3. The molecule has 0 saturated carbocycles. The van der Waals surface area contributed by atoms with Crippen molar-refractivity contribution in [1.29, 1.82) is 0 Å². The molecule has 3 aliphatic rings. The summed E-state index contributed by atoms with van der Waals surface area (Å²) in [7, 11) is 2.26. The van der Waals surface area contributed by atoms with Crippen molar-refractivity contribution >= 4 is 0 Å². The minimum Gasteiger partial charge on any atom is -0.306 e. The molecule has 18 heavy (non-hydrogen) atoms. The van der Waals surface area contributed by atoms with Gasteiger partial charge in [-0.3, -0.25) is 9.80 Å². The van der Waals surface area contributed by atoms with Gasteiger partial charge in [0, 0.05) is 30.7 Å². The molecule has 1 spiro atoms. The van der Waals surface area contributed by atoms with Crippen LogP contribution in [0.5, 0.6) is 0 Å². The first kappa shape index (κ1) is 12.9. The quantitative estimate of drug-likeness (QED) is 0.739.